The van der Waals surface area contributed by atoms with E-state index in [-0.39, 0.29) is 17.3 Å². The van der Waals surface area contributed by atoms with Gasteiger partial charge in [-0.25, -0.2) is 0 Å². The average Bonchev–Trinajstić information content (AvgIpc) is 2.41. The number of hydrogen-bond acceptors (Lipinski definition) is 3. The molecule has 2 aromatic rings. The summed E-state index contributed by atoms with van der Waals surface area (Å²) in [6, 6.07) is 8.34. The zero-order valence-corrected chi connectivity index (χ0v) is 13.0. The Morgan fingerprint density at radius 2 is 1.95 bits per heavy atom. The van der Waals surface area contributed by atoms with Crippen LogP contribution >= 0.6 is 23.2 Å². The molecule has 0 aliphatic heterocycles. The highest BCUT2D eigenvalue weighted by Crippen LogP contribution is 2.38. The van der Waals surface area contributed by atoms with Gasteiger partial charge < -0.3 is 4.74 Å². The number of nitro benzene ring substituents is 1. The van der Waals surface area contributed by atoms with E-state index in [2.05, 4.69) is 0 Å². The topological polar surface area (TPSA) is 52.4 Å². The number of aryl methyl sites for hydroxylation is 2. The van der Waals surface area contributed by atoms with Crippen LogP contribution in [0.15, 0.2) is 30.3 Å². The standard InChI is InChI=1S/C15H13Cl2NO3/c1-9-5-10(2)15(13(6-9)18(19)20)21-14-7-12(17)4-3-11(14)8-16/h3-7H,8H2,1-2H3. The number of rotatable bonds is 4. The summed E-state index contributed by atoms with van der Waals surface area (Å²) in [5, 5.41) is 11.7. The summed E-state index contributed by atoms with van der Waals surface area (Å²) in [6.07, 6.45) is 0. The molecule has 0 aromatic heterocycles. The van der Waals surface area contributed by atoms with E-state index in [4.69, 9.17) is 27.9 Å². The van der Waals surface area contributed by atoms with Gasteiger partial charge >= 0.3 is 5.69 Å². The van der Waals surface area contributed by atoms with Crippen LogP contribution in [0, 0.1) is 24.0 Å². The Morgan fingerprint density at radius 3 is 2.57 bits per heavy atom. The second-order valence-electron chi connectivity index (χ2n) is 4.67. The minimum absolute atomic E-state index is 0.0759. The van der Waals surface area contributed by atoms with Crippen LogP contribution in [0.5, 0.6) is 11.5 Å². The molecule has 2 aromatic carbocycles. The van der Waals surface area contributed by atoms with Crippen molar-refractivity contribution in [3.05, 3.63) is 62.2 Å². The number of benzene rings is 2. The second-order valence-corrected chi connectivity index (χ2v) is 5.38. The maximum absolute atomic E-state index is 11.2. The molecule has 0 fully saturated rings. The molecule has 6 heteroatoms. The van der Waals surface area contributed by atoms with Gasteiger partial charge in [-0.15, -0.1) is 11.6 Å². The lowest BCUT2D eigenvalue weighted by Gasteiger charge is -2.13. The minimum atomic E-state index is -0.458. The van der Waals surface area contributed by atoms with Crippen LogP contribution in [0.2, 0.25) is 5.02 Å². The van der Waals surface area contributed by atoms with Gasteiger partial charge in [-0.1, -0.05) is 23.7 Å². The van der Waals surface area contributed by atoms with E-state index in [1.807, 2.05) is 6.07 Å². The molecular weight excluding hydrogens is 313 g/mol. The molecule has 110 valence electrons. The van der Waals surface area contributed by atoms with Gasteiger partial charge in [0.2, 0.25) is 5.75 Å². The summed E-state index contributed by atoms with van der Waals surface area (Å²) in [4.78, 5) is 10.8. The van der Waals surface area contributed by atoms with Gasteiger partial charge in [0, 0.05) is 16.7 Å². The van der Waals surface area contributed by atoms with Gasteiger partial charge in [0.05, 0.1) is 10.8 Å². The van der Waals surface area contributed by atoms with E-state index in [9.17, 15) is 10.1 Å². The molecule has 2 rings (SSSR count). The SMILES string of the molecule is Cc1cc(C)c(Oc2cc(Cl)ccc2CCl)c([N+](=O)[O-])c1. The van der Waals surface area contributed by atoms with Crippen LogP contribution in [0.1, 0.15) is 16.7 Å². The van der Waals surface area contributed by atoms with Gasteiger partial charge in [0.25, 0.3) is 0 Å². The Balaban J connectivity index is 2.54. The van der Waals surface area contributed by atoms with Crippen molar-refractivity contribution in [2.75, 3.05) is 0 Å². The molecule has 0 atom stereocenters. The fourth-order valence-electron chi connectivity index (χ4n) is 2.04. The second kappa shape index (κ2) is 6.33. The summed E-state index contributed by atoms with van der Waals surface area (Å²) in [6.45, 7) is 3.56. The van der Waals surface area contributed by atoms with Crippen molar-refractivity contribution in [2.24, 2.45) is 0 Å². The first kappa shape index (κ1) is 15.6. The van der Waals surface area contributed by atoms with Crippen molar-refractivity contribution in [1.29, 1.82) is 0 Å². The Kier molecular flexibility index (Phi) is 4.70. The number of halogens is 2. The van der Waals surface area contributed by atoms with Gasteiger partial charge in [0.15, 0.2) is 0 Å². The van der Waals surface area contributed by atoms with Crippen molar-refractivity contribution in [3.8, 4) is 11.5 Å². The number of nitrogens with zero attached hydrogens (tertiary/aromatic N) is 1. The first-order chi connectivity index (χ1) is 9.92. The van der Waals surface area contributed by atoms with Crippen molar-refractivity contribution in [3.63, 3.8) is 0 Å². The number of nitro groups is 1. The number of alkyl halides is 1. The largest absolute Gasteiger partial charge is 0.449 e. The van der Waals surface area contributed by atoms with E-state index in [0.29, 0.717) is 16.3 Å². The Morgan fingerprint density at radius 1 is 1.24 bits per heavy atom. The fourth-order valence-corrected chi connectivity index (χ4v) is 2.43. The Bertz CT molecular complexity index is 702. The summed E-state index contributed by atoms with van der Waals surface area (Å²) < 4.78 is 5.75. The highest BCUT2D eigenvalue weighted by atomic mass is 35.5. The molecule has 0 saturated carbocycles. The zero-order valence-electron chi connectivity index (χ0n) is 11.5. The lowest BCUT2D eigenvalue weighted by Crippen LogP contribution is -1.98. The summed E-state index contributed by atoms with van der Waals surface area (Å²) in [7, 11) is 0. The van der Waals surface area contributed by atoms with Crippen LogP contribution in [0.4, 0.5) is 5.69 Å². The highest BCUT2D eigenvalue weighted by molar-refractivity contribution is 6.30. The van der Waals surface area contributed by atoms with Crippen molar-refractivity contribution in [2.45, 2.75) is 19.7 Å². The molecule has 0 heterocycles. The molecular formula is C15H13Cl2NO3. The molecule has 21 heavy (non-hydrogen) atoms. The van der Waals surface area contributed by atoms with Gasteiger partial charge in [-0.3, -0.25) is 10.1 Å². The third-order valence-electron chi connectivity index (χ3n) is 2.98. The van der Waals surface area contributed by atoms with Gasteiger partial charge in [-0.05, 0) is 37.1 Å². The molecule has 0 aliphatic rings. The molecule has 0 N–H and O–H groups in total. The van der Waals surface area contributed by atoms with E-state index >= 15 is 0 Å². The van der Waals surface area contributed by atoms with Crippen molar-refractivity contribution < 1.29 is 9.66 Å². The zero-order chi connectivity index (χ0) is 15.6. The molecule has 0 amide bonds. The molecule has 4 nitrogen and oxygen atoms in total. The van der Waals surface area contributed by atoms with E-state index in [0.717, 1.165) is 11.1 Å². The monoisotopic (exact) mass is 325 g/mol. The molecule has 0 spiro atoms. The van der Waals surface area contributed by atoms with Gasteiger partial charge in [-0.2, -0.15) is 0 Å². The average molecular weight is 326 g/mol. The van der Waals surface area contributed by atoms with E-state index < -0.39 is 4.92 Å². The van der Waals surface area contributed by atoms with Crippen LogP contribution in [0.3, 0.4) is 0 Å². The Hall–Kier alpha value is -1.78. The third kappa shape index (κ3) is 3.46. The summed E-state index contributed by atoms with van der Waals surface area (Å²) in [5.74, 6) is 0.859. The van der Waals surface area contributed by atoms with E-state index in [1.54, 1.807) is 32.0 Å². The quantitative estimate of drug-likeness (QED) is 0.430. The third-order valence-corrected chi connectivity index (χ3v) is 3.50. The maximum atomic E-state index is 11.2. The molecule has 0 unspecified atom stereocenters. The highest BCUT2D eigenvalue weighted by Gasteiger charge is 2.20. The molecule has 0 aliphatic carbocycles. The van der Waals surface area contributed by atoms with Crippen LogP contribution < -0.4 is 4.74 Å². The number of hydrogen-bond donors (Lipinski definition) is 0. The smallest absolute Gasteiger partial charge is 0.312 e. The first-order valence-electron chi connectivity index (χ1n) is 6.20. The molecule has 0 radical (unpaired) electrons. The van der Waals surface area contributed by atoms with Crippen LogP contribution in [-0.2, 0) is 5.88 Å². The lowest BCUT2D eigenvalue weighted by molar-refractivity contribution is -0.385. The predicted molar refractivity (Wildman–Crippen MR) is 83.7 cm³/mol. The van der Waals surface area contributed by atoms with Crippen molar-refractivity contribution in [1.82, 2.24) is 0 Å². The normalized spacial score (nSPS) is 10.5. The fraction of sp³-hybridized carbons (Fsp3) is 0.200. The van der Waals surface area contributed by atoms with Gasteiger partial charge in [0.1, 0.15) is 5.75 Å². The lowest BCUT2D eigenvalue weighted by atomic mass is 10.1. The maximum Gasteiger partial charge on any atom is 0.312 e. The minimum Gasteiger partial charge on any atom is -0.449 e. The Labute approximate surface area is 132 Å². The van der Waals surface area contributed by atoms with Crippen LogP contribution in [-0.4, -0.2) is 4.92 Å². The summed E-state index contributed by atoms with van der Waals surface area (Å²) >= 11 is 11.8. The van der Waals surface area contributed by atoms with Crippen LogP contribution in [0.25, 0.3) is 0 Å². The number of ether oxygens (including phenoxy) is 1. The summed E-state index contributed by atoms with van der Waals surface area (Å²) in [5.41, 5.74) is 2.13. The van der Waals surface area contributed by atoms with E-state index in [1.165, 1.54) is 6.07 Å². The first-order valence-corrected chi connectivity index (χ1v) is 7.11. The molecule has 0 saturated heterocycles. The van der Waals surface area contributed by atoms with Crippen molar-refractivity contribution >= 4 is 28.9 Å². The molecule has 0 bridgehead atoms. The predicted octanol–water partition coefficient (Wildman–Crippen LogP) is 5.40.